The Bertz CT molecular complexity index is 1290. The summed E-state index contributed by atoms with van der Waals surface area (Å²) in [5.74, 6) is 0.554. The van der Waals surface area contributed by atoms with Gasteiger partial charge in [0.2, 0.25) is 0 Å². The quantitative estimate of drug-likeness (QED) is 0.578. The average Bonchev–Trinajstić information content (AvgIpc) is 3.46. The number of amides is 1. The lowest BCUT2D eigenvalue weighted by molar-refractivity contribution is 0.0761. The normalized spacial score (nSPS) is 19.9. The van der Waals surface area contributed by atoms with E-state index in [1.54, 1.807) is 24.0 Å². The fourth-order valence-electron chi connectivity index (χ4n) is 4.70. The number of carbonyl (C=O) groups is 1. The molecule has 4 heterocycles. The minimum atomic E-state index is -0.609. The third-order valence-corrected chi connectivity index (χ3v) is 6.46. The lowest BCUT2D eigenvalue weighted by Gasteiger charge is -2.22. The summed E-state index contributed by atoms with van der Waals surface area (Å²) in [6.07, 6.45) is 2.95. The second kappa shape index (κ2) is 7.04. The maximum Gasteiger partial charge on any atom is 0.332 e. The third-order valence-electron chi connectivity index (χ3n) is 6.46. The summed E-state index contributed by atoms with van der Waals surface area (Å²) in [6.45, 7) is 3.83. The number of nitrogens with zero attached hydrogens (tertiary/aromatic N) is 6. The van der Waals surface area contributed by atoms with Gasteiger partial charge in [-0.1, -0.05) is 29.8 Å². The van der Waals surface area contributed by atoms with E-state index in [9.17, 15) is 14.4 Å². The summed E-state index contributed by atoms with van der Waals surface area (Å²) in [4.78, 5) is 40.2. The summed E-state index contributed by atoms with van der Waals surface area (Å²) in [7, 11) is 1.75. The Morgan fingerprint density at radius 3 is 2.58 bits per heavy atom. The molecule has 1 aromatic carbocycles. The summed E-state index contributed by atoms with van der Waals surface area (Å²) in [5, 5.41) is 8.61. The Morgan fingerprint density at radius 2 is 1.87 bits per heavy atom. The van der Waals surface area contributed by atoms with Crippen LogP contribution in [0, 0.1) is 12.3 Å². The Labute approximate surface area is 178 Å². The number of hydrogen-bond acceptors (Lipinski definition) is 5. The molecule has 2 aliphatic rings. The SMILES string of the molecule is Cc1ccc(Cn2nc3n(c(=O)c2=O)C[C@]2(CCN(C(=O)c4ccnn4C)C2)C3)cc1. The van der Waals surface area contributed by atoms with E-state index in [0.717, 1.165) is 17.5 Å². The van der Waals surface area contributed by atoms with Gasteiger partial charge in [-0.25, -0.2) is 4.68 Å². The zero-order chi connectivity index (χ0) is 21.8. The van der Waals surface area contributed by atoms with Crippen molar-refractivity contribution in [3.63, 3.8) is 0 Å². The highest BCUT2D eigenvalue weighted by Crippen LogP contribution is 2.39. The summed E-state index contributed by atoms with van der Waals surface area (Å²) in [6, 6.07) is 9.54. The van der Waals surface area contributed by atoms with E-state index in [0.29, 0.717) is 37.6 Å². The predicted octanol–water partition coefficient (Wildman–Crippen LogP) is 0.584. The number of likely N-dealkylation sites (tertiary alicyclic amines) is 1. The molecule has 0 saturated carbocycles. The van der Waals surface area contributed by atoms with Crippen LogP contribution in [0.25, 0.3) is 0 Å². The van der Waals surface area contributed by atoms with Gasteiger partial charge in [0.25, 0.3) is 5.91 Å². The monoisotopic (exact) mass is 420 g/mol. The van der Waals surface area contributed by atoms with Gasteiger partial charge in [-0.05, 0) is 25.0 Å². The zero-order valence-corrected chi connectivity index (χ0v) is 17.6. The van der Waals surface area contributed by atoms with E-state index in [1.807, 2.05) is 36.1 Å². The van der Waals surface area contributed by atoms with E-state index in [-0.39, 0.29) is 17.9 Å². The molecule has 9 nitrogen and oxygen atoms in total. The number of aryl methyl sites for hydroxylation is 2. The van der Waals surface area contributed by atoms with E-state index in [1.165, 1.54) is 9.25 Å². The highest BCUT2D eigenvalue weighted by Gasteiger charge is 2.46. The second-order valence-electron chi connectivity index (χ2n) is 8.75. The molecule has 0 unspecified atom stereocenters. The highest BCUT2D eigenvalue weighted by atomic mass is 16.2. The van der Waals surface area contributed by atoms with Crippen LogP contribution in [0.4, 0.5) is 0 Å². The van der Waals surface area contributed by atoms with Crippen molar-refractivity contribution in [3.8, 4) is 0 Å². The minimum Gasteiger partial charge on any atom is -0.337 e. The molecule has 0 aliphatic carbocycles. The van der Waals surface area contributed by atoms with Gasteiger partial charge in [-0.15, -0.1) is 0 Å². The topological polar surface area (TPSA) is 95.0 Å². The maximum atomic E-state index is 12.9. The molecule has 1 spiro atoms. The van der Waals surface area contributed by atoms with Crippen molar-refractivity contribution in [2.45, 2.75) is 32.9 Å². The molecule has 0 radical (unpaired) electrons. The third kappa shape index (κ3) is 3.30. The molecule has 0 bridgehead atoms. The molecule has 2 aliphatic heterocycles. The first-order chi connectivity index (χ1) is 14.8. The molecule has 0 N–H and O–H groups in total. The van der Waals surface area contributed by atoms with Crippen LogP contribution in [0.2, 0.25) is 0 Å². The van der Waals surface area contributed by atoms with Crippen molar-refractivity contribution < 1.29 is 4.79 Å². The summed E-state index contributed by atoms with van der Waals surface area (Å²) < 4.78 is 4.35. The van der Waals surface area contributed by atoms with Crippen molar-refractivity contribution in [2.75, 3.05) is 13.1 Å². The molecule has 160 valence electrons. The van der Waals surface area contributed by atoms with Gasteiger partial charge in [-0.2, -0.15) is 10.2 Å². The summed E-state index contributed by atoms with van der Waals surface area (Å²) in [5.41, 5.74) is 1.19. The summed E-state index contributed by atoms with van der Waals surface area (Å²) >= 11 is 0. The van der Waals surface area contributed by atoms with E-state index in [4.69, 9.17) is 0 Å². The fourth-order valence-corrected chi connectivity index (χ4v) is 4.70. The van der Waals surface area contributed by atoms with Gasteiger partial charge in [0.05, 0.1) is 6.54 Å². The van der Waals surface area contributed by atoms with Crippen LogP contribution in [0.1, 0.15) is 33.9 Å². The maximum absolute atomic E-state index is 12.9. The molecule has 1 saturated heterocycles. The van der Waals surface area contributed by atoms with Crippen LogP contribution in [-0.4, -0.2) is 48.0 Å². The molecule has 5 rings (SSSR count). The largest absolute Gasteiger partial charge is 0.337 e. The predicted molar refractivity (Wildman–Crippen MR) is 113 cm³/mol. The molecular weight excluding hydrogens is 396 g/mol. The van der Waals surface area contributed by atoms with Gasteiger partial charge < -0.3 is 4.90 Å². The van der Waals surface area contributed by atoms with Crippen molar-refractivity contribution in [1.29, 1.82) is 0 Å². The van der Waals surface area contributed by atoms with E-state index >= 15 is 0 Å². The fraction of sp³-hybridized carbons (Fsp3) is 0.409. The first-order valence-electron chi connectivity index (χ1n) is 10.4. The van der Waals surface area contributed by atoms with Crippen LogP contribution in [-0.2, 0) is 26.6 Å². The molecule has 2 aromatic heterocycles. The van der Waals surface area contributed by atoms with Crippen molar-refractivity contribution in [1.82, 2.24) is 29.0 Å². The smallest absolute Gasteiger partial charge is 0.332 e. The molecule has 9 heteroatoms. The second-order valence-corrected chi connectivity index (χ2v) is 8.75. The lowest BCUT2D eigenvalue weighted by Crippen LogP contribution is -2.43. The standard InChI is InChI=1S/C22H24N6O3/c1-15-3-5-16(6-4-15)12-28-21(31)20(30)27-14-22(11-18(27)24-28)8-10-26(13-22)19(29)17-7-9-23-25(17)2/h3-7,9H,8,10-14H2,1-2H3/t22-/m1/s1. The molecule has 1 fully saturated rings. The van der Waals surface area contributed by atoms with Crippen LogP contribution in [0.15, 0.2) is 46.1 Å². The Balaban J connectivity index is 1.39. The van der Waals surface area contributed by atoms with Crippen LogP contribution in [0.3, 0.4) is 0 Å². The Kier molecular flexibility index (Phi) is 4.42. The number of aromatic nitrogens is 5. The van der Waals surface area contributed by atoms with Crippen molar-refractivity contribution in [2.24, 2.45) is 12.5 Å². The van der Waals surface area contributed by atoms with Crippen LogP contribution < -0.4 is 11.1 Å². The molecule has 3 aromatic rings. The number of fused-ring (bicyclic) bond motifs is 1. The van der Waals surface area contributed by atoms with Gasteiger partial charge in [0.1, 0.15) is 11.5 Å². The van der Waals surface area contributed by atoms with E-state index < -0.39 is 11.1 Å². The number of rotatable bonds is 3. The Hall–Kier alpha value is -3.49. The van der Waals surface area contributed by atoms with Gasteiger partial charge in [0, 0.05) is 44.7 Å². The van der Waals surface area contributed by atoms with Gasteiger partial charge in [-0.3, -0.25) is 23.6 Å². The number of carbonyl (C=O) groups excluding carboxylic acids is 1. The van der Waals surface area contributed by atoms with Crippen LogP contribution in [0.5, 0.6) is 0 Å². The van der Waals surface area contributed by atoms with Gasteiger partial charge in [0.15, 0.2) is 0 Å². The molecule has 1 amide bonds. The molecule has 31 heavy (non-hydrogen) atoms. The number of hydrogen-bond donors (Lipinski definition) is 0. The number of benzene rings is 1. The lowest BCUT2D eigenvalue weighted by atomic mass is 9.86. The molecular formula is C22H24N6O3. The minimum absolute atomic E-state index is 0.0629. The van der Waals surface area contributed by atoms with Crippen LogP contribution >= 0.6 is 0 Å². The first kappa shape index (κ1) is 19.5. The van der Waals surface area contributed by atoms with Gasteiger partial charge >= 0.3 is 11.1 Å². The average molecular weight is 420 g/mol. The van der Waals surface area contributed by atoms with Crippen molar-refractivity contribution >= 4 is 5.91 Å². The Morgan fingerprint density at radius 1 is 1.10 bits per heavy atom. The zero-order valence-electron chi connectivity index (χ0n) is 17.6. The van der Waals surface area contributed by atoms with Crippen molar-refractivity contribution in [3.05, 3.63) is 79.9 Å². The van der Waals surface area contributed by atoms with E-state index in [2.05, 4.69) is 10.2 Å². The first-order valence-corrected chi connectivity index (χ1v) is 10.4. The molecule has 1 atom stereocenters. The highest BCUT2D eigenvalue weighted by molar-refractivity contribution is 5.92.